The molecule has 0 radical (unpaired) electrons. The third-order valence-corrected chi connectivity index (χ3v) is 5.14. The molecule has 2 aromatic carbocycles. The van der Waals surface area contributed by atoms with Crippen LogP contribution in [0.4, 0.5) is 5.69 Å². The molecular formula is C23H23BrN4O3. The van der Waals surface area contributed by atoms with Crippen molar-refractivity contribution >= 4 is 33.4 Å². The van der Waals surface area contributed by atoms with E-state index in [1.54, 1.807) is 18.2 Å². The maximum atomic E-state index is 12.7. The fourth-order valence-electron chi connectivity index (χ4n) is 3.16. The van der Waals surface area contributed by atoms with Crippen LogP contribution in [0, 0.1) is 0 Å². The molecule has 1 aromatic heterocycles. The number of carbonyl (C=O) groups excluding carboxylic acids is 2. The van der Waals surface area contributed by atoms with Crippen LogP contribution in [0.25, 0.3) is 11.4 Å². The standard InChI is InChI=1S/C23H23BrN4O3/c1-3-18-12-21(30)28-23(27-18)16-5-4-6-19(11-16)26-22(31)13-20(25-14(2)29)15-7-9-17(24)10-8-15/h4-12,20H,3,13H2,1-2H3,(H,25,29)(H,26,31)(H,27,28,30). The highest BCUT2D eigenvalue weighted by Gasteiger charge is 2.17. The Hall–Kier alpha value is -3.26. The van der Waals surface area contributed by atoms with Crippen molar-refractivity contribution in [2.45, 2.75) is 32.7 Å². The van der Waals surface area contributed by atoms with Crippen molar-refractivity contribution in [2.24, 2.45) is 0 Å². The van der Waals surface area contributed by atoms with Crippen LogP contribution in [-0.2, 0) is 16.0 Å². The molecule has 1 atom stereocenters. The minimum absolute atomic E-state index is 0.0752. The number of aromatic amines is 1. The Morgan fingerprint density at radius 1 is 1.13 bits per heavy atom. The monoisotopic (exact) mass is 482 g/mol. The maximum Gasteiger partial charge on any atom is 0.251 e. The van der Waals surface area contributed by atoms with Gasteiger partial charge in [-0.3, -0.25) is 14.4 Å². The average molecular weight is 483 g/mol. The van der Waals surface area contributed by atoms with Gasteiger partial charge in [-0.05, 0) is 36.2 Å². The van der Waals surface area contributed by atoms with Gasteiger partial charge in [-0.25, -0.2) is 4.98 Å². The van der Waals surface area contributed by atoms with Gasteiger partial charge in [0.2, 0.25) is 11.8 Å². The van der Waals surface area contributed by atoms with Crippen LogP contribution in [0.1, 0.15) is 37.6 Å². The summed E-state index contributed by atoms with van der Waals surface area (Å²) >= 11 is 3.39. The number of amides is 2. The molecule has 8 heteroatoms. The van der Waals surface area contributed by atoms with Gasteiger partial charge in [-0.1, -0.05) is 47.1 Å². The first-order valence-electron chi connectivity index (χ1n) is 9.87. The summed E-state index contributed by atoms with van der Waals surface area (Å²) in [5.74, 6) is -0.0115. The van der Waals surface area contributed by atoms with E-state index in [0.29, 0.717) is 29.2 Å². The molecule has 0 spiro atoms. The molecule has 31 heavy (non-hydrogen) atoms. The fourth-order valence-corrected chi connectivity index (χ4v) is 3.42. The zero-order valence-corrected chi connectivity index (χ0v) is 18.8. The zero-order valence-electron chi connectivity index (χ0n) is 17.2. The number of aromatic nitrogens is 2. The van der Waals surface area contributed by atoms with Gasteiger partial charge in [-0.2, -0.15) is 0 Å². The van der Waals surface area contributed by atoms with Gasteiger partial charge < -0.3 is 15.6 Å². The van der Waals surface area contributed by atoms with Gasteiger partial charge in [0.1, 0.15) is 5.82 Å². The molecule has 3 N–H and O–H groups in total. The molecule has 1 unspecified atom stereocenters. The van der Waals surface area contributed by atoms with E-state index in [4.69, 9.17) is 0 Å². The second kappa shape index (κ2) is 10.2. The van der Waals surface area contributed by atoms with Crippen molar-refractivity contribution in [3.63, 3.8) is 0 Å². The summed E-state index contributed by atoms with van der Waals surface area (Å²) in [5.41, 5.74) is 2.58. The lowest BCUT2D eigenvalue weighted by atomic mass is 10.0. The fraction of sp³-hybridized carbons (Fsp3) is 0.217. The van der Waals surface area contributed by atoms with E-state index in [2.05, 4.69) is 36.5 Å². The van der Waals surface area contributed by atoms with Crippen molar-refractivity contribution < 1.29 is 9.59 Å². The number of hydrogen-bond donors (Lipinski definition) is 3. The lowest BCUT2D eigenvalue weighted by molar-refractivity contribution is -0.120. The zero-order chi connectivity index (χ0) is 22.4. The molecule has 1 heterocycles. The van der Waals surface area contributed by atoms with Gasteiger partial charge in [-0.15, -0.1) is 0 Å². The number of hydrogen-bond acceptors (Lipinski definition) is 4. The highest BCUT2D eigenvalue weighted by atomic mass is 79.9. The normalized spacial score (nSPS) is 11.6. The van der Waals surface area contributed by atoms with E-state index < -0.39 is 6.04 Å². The predicted molar refractivity (Wildman–Crippen MR) is 124 cm³/mol. The molecule has 0 saturated carbocycles. The predicted octanol–water partition coefficient (Wildman–Crippen LogP) is 3.97. The Kier molecular flexibility index (Phi) is 7.36. The number of H-pyrrole nitrogens is 1. The molecule has 0 saturated heterocycles. The maximum absolute atomic E-state index is 12.7. The number of benzene rings is 2. The van der Waals surface area contributed by atoms with E-state index in [1.165, 1.54) is 13.0 Å². The molecular weight excluding hydrogens is 460 g/mol. The van der Waals surface area contributed by atoms with Gasteiger partial charge in [0, 0.05) is 34.4 Å². The molecule has 0 aliphatic heterocycles. The van der Waals surface area contributed by atoms with Crippen molar-refractivity contribution in [3.8, 4) is 11.4 Å². The van der Waals surface area contributed by atoms with Crippen molar-refractivity contribution in [1.29, 1.82) is 0 Å². The van der Waals surface area contributed by atoms with E-state index in [-0.39, 0.29) is 23.8 Å². The van der Waals surface area contributed by atoms with Gasteiger partial charge in [0.25, 0.3) is 5.56 Å². The minimum Gasteiger partial charge on any atom is -0.349 e. The molecule has 0 aliphatic carbocycles. The van der Waals surface area contributed by atoms with Crippen LogP contribution in [0.15, 0.2) is 63.9 Å². The Morgan fingerprint density at radius 3 is 2.55 bits per heavy atom. The van der Waals surface area contributed by atoms with Crippen LogP contribution in [0.2, 0.25) is 0 Å². The number of anilines is 1. The highest BCUT2D eigenvalue weighted by Crippen LogP contribution is 2.22. The van der Waals surface area contributed by atoms with Crippen molar-refractivity contribution in [1.82, 2.24) is 15.3 Å². The number of carbonyl (C=O) groups is 2. The lowest BCUT2D eigenvalue weighted by Gasteiger charge is -2.18. The second-order valence-electron chi connectivity index (χ2n) is 7.08. The Balaban J connectivity index is 1.77. The minimum atomic E-state index is -0.451. The smallest absolute Gasteiger partial charge is 0.251 e. The first-order valence-corrected chi connectivity index (χ1v) is 10.7. The van der Waals surface area contributed by atoms with Gasteiger partial charge >= 0.3 is 0 Å². The largest absolute Gasteiger partial charge is 0.349 e. The molecule has 160 valence electrons. The Labute approximate surface area is 188 Å². The summed E-state index contributed by atoms with van der Waals surface area (Å²) in [6.07, 6.45) is 0.722. The van der Waals surface area contributed by atoms with Crippen LogP contribution < -0.4 is 16.2 Å². The summed E-state index contributed by atoms with van der Waals surface area (Å²) in [5, 5.41) is 5.68. The summed E-state index contributed by atoms with van der Waals surface area (Å²) in [6.45, 7) is 3.35. The molecule has 3 aromatic rings. The molecule has 2 amide bonds. The summed E-state index contributed by atoms with van der Waals surface area (Å²) in [6, 6.07) is 15.6. The van der Waals surface area contributed by atoms with Crippen molar-refractivity contribution in [2.75, 3.05) is 5.32 Å². The topological polar surface area (TPSA) is 104 Å². The molecule has 3 rings (SSSR count). The van der Waals surface area contributed by atoms with E-state index in [9.17, 15) is 14.4 Å². The number of halogens is 1. The third kappa shape index (κ3) is 6.36. The van der Waals surface area contributed by atoms with Crippen LogP contribution in [0.5, 0.6) is 0 Å². The Bertz CT molecular complexity index is 1140. The SMILES string of the molecule is CCc1cc(=O)[nH]c(-c2cccc(NC(=O)CC(NC(C)=O)c3ccc(Br)cc3)c2)n1. The number of aryl methyl sites for hydroxylation is 1. The number of nitrogens with one attached hydrogen (secondary N) is 3. The number of nitrogens with zero attached hydrogens (tertiary/aromatic N) is 1. The molecule has 0 fully saturated rings. The van der Waals surface area contributed by atoms with Crippen LogP contribution in [0.3, 0.4) is 0 Å². The first-order chi connectivity index (χ1) is 14.8. The third-order valence-electron chi connectivity index (χ3n) is 4.62. The van der Waals surface area contributed by atoms with Gasteiger partial charge in [0.05, 0.1) is 12.5 Å². The van der Waals surface area contributed by atoms with E-state index >= 15 is 0 Å². The van der Waals surface area contributed by atoms with Crippen LogP contribution in [-0.4, -0.2) is 21.8 Å². The quantitative estimate of drug-likeness (QED) is 0.473. The highest BCUT2D eigenvalue weighted by molar-refractivity contribution is 9.10. The number of rotatable bonds is 7. The molecule has 0 aliphatic rings. The second-order valence-corrected chi connectivity index (χ2v) is 7.99. The van der Waals surface area contributed by atoms with Crippen molar-refractivity contribution in [3.05, 3.63) is 80.7 Å². The summed E-state index contributed by atoms with van der Waals surface area (Å²) in [7, 11) is 0. The van der Waals surface area contributed by atoms with Gasteiger partial charge in [0.15, 0.2) is 0 Å². The Morgan fingerprint density at radius 2 is 1.87 bits per heavy atom. The molecule has 0 bridgehead atoms. The average Bonchev–Trinajstić information content (AvgIpc) is 2.73. The van der Waals surface area contributed by atoms with E-state index in [0.717, 1.165) is 10.0 Å². The summed E-state index contributed by atoms with van der Waals surface area (Å²) < 4.78 is 0.915. The lowest BCUT2D eigenvalue weighted by Crippen LogP contribution is -2.29. The summed E-state index contributed by atoms with van der Waals surface area (Å²) in [4.78, 5) is 43.4. The van der Waals surface area contributed by atoms with E-state index in [1.807, 2.05) is 37.3 Å². The molecule has 7 nitrogen and oxygen atoms in total. The first kappa shape index (κ1) is 22.4. The van der Waals surface area contributed by atoms with Crippen LogP contribution >= 0.6 is 15.9 Å².